The van der Waals surface area contributed by atoms with Crippen molar-refractivity contribution in [3.05, 3.63) is 29.8 Å². The van der Waals surface area contributed by atoms with E-state index in [1.807, 2.05) is 24.3 Å². The molecule has 6 nitrogen and oxygen atoms in total. The Morgan fingerprint density at radius 3 is 2.35 bits per heavy atom. The van der Waals surface area contributed by atoms with E-state index in [0.29, 0.717) is 31.9 Å². The first-order valence-electron chi connectivity index (χ1n) is 8.02. The van der Waals surface area contributed by atoms with E-state index in [9.17, 15) is 14.4 Å². The molecule has 0 bridgehead atoms. The molecule has 0 aliphatic carbocycles. The molecule has 1 aromatic rings. The third-order valence-corrected chi connectivity index (χ3v) is 3.98. The zero-order valence-corrected chi connectivity index (χ0v) is 13.5. The van der Waals surface area contributed by atoms with Gasteiger partial charge in [0.2, 0.25) is 6.41 Å². The van der Waals surface area contributed by atoms with E-state index in [1.54, 1.807) is 4.90 Å². The highest BCUT2D eigenvalue weighted by molar-refractivity contribution is 6.39. The smallest absolute Gasteiger partial charge is 0.313 e. The molecule has 23 heavy (non-hydrogen) atoms. The van der Waals surface area contributed by atoms with Crippen LogP contribution in [0.4, 0.5) is 5.69 Å². The predicted molar refractivity (Wildman–Crippen MR) is 87.9 cm³/mol. The maximum Gasteiger partial charge on any atom is 0.313 e. The normalized spacial score (nSPS) is 14.5. The summed E-state index contributed by atoms with van der Waals surface area (Å²) in [6.07, 6.45) is 4.06. The van der Waals surface area contributed by atoms with Crippen LogP contribution in [0.25, 0.3) is 0 Å². The highest BCUT2D eigenvalue weighted by atomic mass is 16.2. The lowest BCUT2D eigenvalue weighted by Crippen LogP contribution is -2.51. The van der Waals surface area contributed by atoms with Crippen LogP contribution in [0.15, 0.2) is 24.3 Å². The third kappa shape index (κ3) is 4.81. The van der Waals surface area contributed by atoms with E-state index < -0.39 is 11.8 Å². The van der Waals surface area contributed by atoms with Gasteiger partial charge >= 0.3 is 11.8 Å². The highest BCUT2D eigenvalue weighted by Crippen LogP contribution is 2.12. The van der Waals surface area contributed by atoms with Crippen LogP contribution in [-0.2, 0) is 20.8 Å². The molecule has 1 N–H and O–H groups in total. The Morgan fingerprint density at radius 2 is 1.78 bits per heavy atom. The first-order valence-corrected chi connectivity index (χ1v) is 8.02. The molecule has 1 aromatic carbocycles. The molecule has 1 heterocycles. The minimum atomic E-state index is -0.633. The summed E-state index contributed by atoms with van der Waals surface area (Å²) in [5.74, 6) is -1.18. The van der Waals surface area contributed by atoms with Crippen LogP contribution < -0.4 is 5.32 Å². The average molecular weight is 317 g/mol. The second kappa shape index (κ2) is 8.31. The second-order valence-electron chi connectivity index (χ2n) is 5.69. The second-order valence-corrected chi connectivity index (χ2v) is 5.69. The molecular weight excluding hydrogens is 294 g/mol. The van der Waals surface area contributed by atoms with Crippen LogP contribution in [0.5, 0.6) is 0 Å². The summed E-state index contributed by atoms with van der Waals surface area (Å²) in [4.78, 5) is 37.9. The molecule has 3 amide bonds. The van der Waals surface area contributed by atoms with Gasteiger partial charge in [-0.15, -0.1) is 0 Å². The number of hydrogen-bond acceptors (Lipinski definition) is 3. The van der Waals surface area contributed by atoms with Gasteiger partial charge in [-0.25, -0.2) is 0 Å². The minimum absolute atomic E-state index is 0.390. The fourth-order valence-corrected chi connectivity index (χ4v) is 2.49. The average Bonchev–Trinajstić information content (AvgIpc) is 2.60. The standard InChI is InChI=1S/C17H23N3O3/c1-2-3-4-14-5-7-15(8-6-14)18-16(22)17(23)20-11-9-19(13-21)10-12-20/h5-8,13H,2-4,9-12H2,1H3,(H,18,22). The number of nitrogens with one attached hydrogen (secondary N) is 1. The Kier molecular flexibility index (Phi) is 6.14. The zero-order chi connectivity index (χ0) is 16.7. The Morgan fingerprint density at radius 1 is 1.13 bits per heavy atom. The van der Waals surface area contributed by atoms with Crippen molar-refractivity contribution < 1.29 is 14.4 Å². The Labute approximate surface area is 136 Å². The molecule has 6 heteroatoms. The van der Waals surface area contributed by atoms with Gasteiger partial charge in [-0.05, 0) is 30.5 Å². The lowest BCUT2D eigenvalue weighted by molar-refractivity contribution is -0.144. The van der Waals surface area contributed by atoms with Crippen molar-refractivity contribution in [1.82, 2.24) is 9.80 Å². The topological polar surface area (TPSA) is 69.7 Å². The molecule has 2 rings (SSSR count). The monoisotopic (exact) mass is 317 g/mol. The highest BCUT2D eigenvalue weighted by Gasteiger charge is 2.25. The number of nitrogens with zero attached hydrogens (tertiary/aromatic N) is 2. The zero-order valence-electron chi connectivity index (χ0n) is 13.5. The van der Waals surface area contributed by atoms with Crippen LogP contribution in [-0.4, -0.2) is 54.2 Å². The van der Waals surface area contributed by atoms with Crippen molar-refractivity contribution in [1.29, 1.82) is 0 Å². The molecule has 0 unspecified atom stereocenters. The number of anilines is 1. The first-order chi connectivity index (χ1) is 11.1. The molecule has 0 radical (unpaired) electrons. The molecule has 0 saturated carbocycles. The van der Waals surface area contributed by atoms with Gasteiger partial charge in [0, 0.05) is 31.9 Å². The fourth-order valence-electron chi connectivity index (χ4n) is 2.49. The molecule has 1 saturated heterocycles. The molecule has 124 valence electrons. The summed E-state index contributed by atoms with van der Waals surface area (Å²) < 4.78 is 0. The lowest BCUT2D eigenvalue weighted by atomic mass is 10.1. The number of carbonyl (C=O) groups excluding carboxylic acids is 3. The van der Waals surface area contributed by atoms with Gasteiger partial charge in [-0.1, -0.05) is 25.5 Å². The Hall–Kier alpha value is -2.37. The summed E-state index contributed by atoms with van der Waals surface area (Å²) in [5, 5.41) is 2.63. The van der Waals surface area contributed by atoms with Crippen LogP contribution in [0.2, 0.25) is 0 Å². The molecule has 1 aliphatic heterocycles. The molecule has 0 aromatic heterocycles. The number of aryl methyl sites for hydroxylation is 1. The maximum absolute atomic E-state index is 12.1. The third-order valence-electron chi connectivity index (χ3n) is 3.98. The van der Waals surface area contributed by atoms with Gasteiger partial charge < -0.3 is 15.1 Å². The maximum atomic E-state index is 12.1. The number of unbranched alkanes of at least 4 members (excludes halogenated alkanes) is 1. The van der Waals surface area contributed by atoms with Crippen molar-refractivity contribution in [3.8, 4) is 0 Å². The summed E-state index contributed by atoms with van der Waals surface area (Å²) in [6.45, 7) is 3.86. The van der Waals surface area contributed by atoms with Crippen molar-refractivity contribution >= 4 is 23.9 Å². The summed E-state index contributed by atoms with van der Waals surface area (Å²) >= 11 is 0. The molecule has 0 atom stereocenters. The molecule has 1 aliphatic rings. The SMILES string of the molecule is CCCCc1ccc(NC(=O)C(=O)N2CCN(C=O)CC2)cc1. The van der Waals surface area contributed by atoms with E-state index in [1.165, 1.54) is 10.5 Å². The first kappa shape index (κ1) is 17.0. The van der Waals surface area contributed by atoms with Crippen molar-refractivity contribution in [2.75, 3.05) is 31.5 Å². The van der Waals surface area contributed by atoms with Gasteiger partial charge in [0.05, 0.1) is 0 Å². The predicted octanol–water partition coefficient (Wildman–Crippen LogP) is 1.27. The van der Waals surface area contributed by atoms with E-state index in [4.69, 9.17) is 0 Å². The van der Waals surface area contributed by atoms with Crippen molar-refractivity contribution in [2.45, 2.75) is 26.2 Å². The van der Waals surface area contributed by atoms with Gasteiger partial charge in [0.15, 0.2) is 0 Å². The summed E-state index contributed by atoms with van der Waals surface area (Å²) in [5.41, 5.74) is 1.84. The number of piperazine rings is 1. The number of hydrogen-bond donors (Lipinski definition) is 1. The number of amides is 3. The minimum Gasteiger partial charge on any atom is -0.342 e. The molecular formula is C17H23N3O3. The Balaban J connectivity index is 1.86. The van der Waals surface area contributed by atoms with Gasteiger partial charge in [-0.2, -0.15) is 0 Å². The van der Waals surface area contributed by atoms with E-state index in [-0.39, 0.29) is 0 Å². The van der Waals surface area contributed by atoms with Crippen molar-refractivity contribution in [3.63, 3.8) is 0 Å². The molecule has 0 spiro atoms. The van der Waals surface area contributed by atoms with Crippen LogP contribution in [0, 0.1) is 0 Å². The number of carbonyl (C=O) groups is 3. The van der Waals surface area contributed by atoms with Crippen LogP contribution in [0.3, 0.4) is 0 Å². The summed E-state index contributed by atoms with van der Waals surface area (Å²) in [7, 11) is 0. The fraction of sp³-hybridized carbons (Fsp3) is 0.471. The van der Waals surface area contributed by atoms with Gasteiger partial charge in [0.1, 0.15) is 0 Å². The quantitative estimate of drug-likeness (QED) is 0.657. The van der Waals surface area contributed by atoms with Crippen LogP contribution >= 0.6 is 0 Å². The van der Waals surface area contributed by atoms with Gasteiger partial charge in [-0.3, -0.25) is 14.4 Å². The molecule has 1 fully saturated rings. The lowest BCUT2D eigenvalue weighted by Gasteiger charge is -2.31. The number of benzene rings is 1. The van der Waals surface area contributed by atoms with E-state index in [2.05, 4.69) is 12.2 Å². The van der Waals surface area contributed by atoms with Crippen molar-refractivity contribution in [2.24, 2.45) is 0 Å². The van der Waals surface area contributed by atoms with Crippen LogP contribution in [0.1, 0.15) is 25.3 Å². The van der Waals surface area contributed by atoms with E-state index in [0.717, 1.165) is 25.7 Å². The largest absolute Gasteiger partial charge is 0.342 e. The summed E-state index contributed by atoms with van der Waals surface area (Å²) in [6, 6.07) is 7.58. The number of rotatable bonds is 5. The van der Waals surface area contributed by atoms with Gasteiger partial charge in [0.25, 0.3) is 0 Å². The van der Waals surface area contributed by atoms with E-state index >= 15 is 0 Å². The Bertz CT molecular complexity index is 549.